The van der Waals surface area contributed by atoms with Gasteiger partial charge in [0.25, 0.3) is 0 Å². The molecule has 0 radical (unpaired) electrons. The SMILES string of the molecule is O=S(=O)(CCNCc1ccoc1)CC1CCCC1. The van der Waals surface area contributed by atoms with Crippen LogP contribution in [-0.4, -0.2) is 26.5 Å². The lowest BCUT2D eigenvalue weighted by atomic mass is 10.1. The third-order valence-corrected chi connectivity index (χ3v) is 5.27. The molecule has 0 aliphatic heterocycles. The van der Waals surface area contributed by atoms with Crippen molar-refractivity contribution in [1.82, 2.24) is 5.32 Å². The lowest BCUT2D eigenvalue weighted by Gasteiger charge is -2.10. The molecule has 0 bridgehead atoms. The zero-order valence-electron chi connectivity index (χ0n) is 10.6. The van der Waals surface area contributed by atoms with Gasteiger partial charge in [-0.3, -0.25) is 0 Å². The number of hydrogen-bond acceptors (Lipinski definition) is 4. The quantitative estimate of drug-likeness (QED) is 0.770. The van der Waals surface area contributed by atoms with Gasteiger partial charge < -0.3 is 9.73 Å². The monoisotopic (exact) mass is 271 g/mol. The van der Waals surface area contributed by atoms with Crippen molar-refractivity contribution in [1.29, 1.82) is 0 Å². The summed E-state index contributed by atoms with van der Waals surface area (Å²) in [7, 11) is -2.89. The maximum absolute atomic E-state index is 11.9. The minimum absolute atomic E-state index is 0.237. The summed E-state index contributed by atoms with van der Waals surface area (Å²) in [4.78, 5) is 0. The van der Waals surface area contributed by atoms with Gasteiger partial charge in [0.15, 0.2) is 9.84 Å². The van der Waals surface area contributed by atoms with Gasteiger partial charge in [-0.1, -0.05) is 12.8 Å². The van der Waals surface area contributed by atoms with Gasteiger partial charge in [0.2, 0.25) is 0 Å². The lowest BCUT2D eigenvalue weighted by molar-refractivity contribution is 0.554. The Bertz CT molecular complexity index is 433. The van der Waals surface area contributed by atoms with Crippen LogP contribution in [0.1, 0.15) is 31.2 Å². The highest BCUT2D eigenvalue weighted by atomic mass is 32.2. The van der Waals surface area contributed by atoms with E-state index in [0.717, 1.165) is 18.4 Å². The van der Waals surface area contributed by atoms with Crippen LogP contribution in [0.15, 0.2) is 23.0 Å². The molecule has 0 aromatic carbocycles. The molecule has 102 valence electrons. The largest absolute Gasteiger partial charge is 0.472 e. The van der Waals surface area contributed by atoms with E-state index in [0.29, 0.717) is 24.8 Å². The topological polar surface area (TPSA) is 59.3 Å². The van der Waals surface area contributed by atoms with Gasteiger partial charge in [0, 0.05) is 18.7 Å². The Morgan fingerprint density at radius 2 is 2.11 bits per heavy atom. The van der Waals surface area contributed by atoms with E-state index in [1.54, 1.807) is 12.5 Å². The molecular formula is C13H21NO3S. The van der Waals surface area contributed by atoms with Crippen molar-refractivity contribution in [3.8, 4) is 0 Å². The van der Waals surface area contributed by atoms with Crippen molar-refractivity contribution in [2.75, 3.05) is 18.1 Å². The van der Waals surface area contributed by atoms with Gasteiger partial charge >= 0.3 is 0 Å². The van der Waals surface area contributed by atoms with E-state index in [2.05, 4.69) is 5.32 Å². The summed E-state index contributed by atoms with van der Waals surface area (Å²) >= 11 is 0. The summed E-state index contributed by atoms with van der Waals surface area (Å²) in [5.41, 5.74) is 1.04. The van der Waals surface area contributed by atoms with Crippen molar-refractivity contribution in [3.63, 3.8) is 0 Å². The third kappa shape index (κ3) is 4.46. The van der Waals surface area contributed by atoms with Crippen LogP contribution >= 0.6 is 0 Å². The zero-order valence-corrected chi connectivity index (χ0v) is 11.4. The van der Waals surface area contributed by atoms with Crippen LogP contribution in [0.4, 0.5) is 0 Å². The highest BCUT2D eigenvalue weighted by Crippen LogP contribution is 2.25. The van der Waals surface area contributed by atoms with E-state index in [9.17, 15) is 8.42 Å². The van der Waals surface area contributed by atoms with E-state index >= 15 is 0 Å². The second-order valence-corrected chi connectivity index (χ2v) is 7.30. The molecule has 0 spiro atoms. The van der Waals surface area contributed by atoms with Crippen LogP contribution in [0.2, 0.25) is 0 Å². The molecule has 5 heteroatoms. The molecule has 1 aliphatic carbocycles. The van der Waals surface area contributed by atoms with Crippen LogP contribution in [0, 0.1) is 5.92 Å². The molecule has 1 N–H and O–H groups in total. The summed E-state index contributed by atoms with van der Waals surface area (Å²) in [6.45, 7) is 1.18. The highest BCUT2D eigenvalue weighted by molar-refractivity contribution is 7.91. The molecule has 1 aromatic rings. The minimum atomic E-state index is -2.89. The Kier molecular flexibility index (Phi) is 4.83. The molecule has 1 fully saturated rings. The van der Waals surface area contributed by atoms with E-state index in [-0.39, 0.29) is 5.75 Å². The van der Waals surface area contributed by atoms with Crippen molar-refractivity contribution in [2.24, 2.45) is 5.92 Å². The number of sulfone groups is 1. The zero-order chi connectivity index (χ0) is 12.8. The van der Waals surface area contributed by atoms with Crippen molar-refractivity contribution in [3.05, 3.63) is 24.2 Å². The Morgan fingerprint density at radius 1 is 1.33 bits per heavy atom. The van der Waals surface area contributed by atoms with Gasteiger partial charge in [-0.25, -0.2) is 8.42 Å². The van der Waals surface area contributed by atoms with E-state index < -0.39 is 9.84 Å². The van der Waals surface area contributed by atoms with Gasteiger partial charge in [0.05, 0.1) is 24.0 Å². The minimum Gasteiger partial charge on any atom is -0.472 e. The maximum atomic E-state index is 11.9. The van der Waals surface area contributed by atoms with Gasteiger partial charge in [-0.2, -0.15) is 0 Å². The summed E-state index contributed by atoms with van der Waals surface area (Å²) in [6.07, 6.45) is 7.84. The van der Waals surface area contributed by atoms with Gasteiger partial charge in [0.1, 0.15) is 0 Å². The predicted molar refractivity (Wildman–Crippen MR) is 71.0 cm³/mol. The van der Waals surface area contributed by atoms with Crippen LogP contribution in [-0.2, 0) is 16.4 Å². The average molecular weight is 271 g/mol. The molecular weight excluding hydrogens is 250 g/mol. The molecule has 0 saturated heterocycles. The smallest absolute Gasteiger partial charge is 0.151 e. The Balaban J connectivity index is 1.65. The maximum Gasteiger partial charge on any atom is 0.151 e. The van der Waals surface area contributed by atoms with E-state index in [1.807, 2.05) is 6.07 Å². The molecule has 1 heterocycles. The highest BCUT2D eigenvalue weighted by Gasteiger charge is 2.22. The molecule has 2 rings (SSSR count). The van der Waals surface area contributed by atoms with Crippen molar-refractivity contribution >= 4 is 9.84 Å². The Hall–Kier alpha value is -0.810. The number of furan rings is 1. The molecule has 0 unspecified atom stereocenters. The summed E-state index contributed by atoms with van der Waals surface area (Å²) in [5, 5.41) is 3.13. The fourth-order valence-corrected chi connectivity index (χ4v) is 4.15. The fourth-order valence-electron chi connectivity index (χ4n) is 2.47. The van der Waals surface area contributed by atoms with Gasteiger partial charge in [-0.15, -0.1) is 0 Å². The Morgan fingerprint density at radius 3 is 2.78 bits per heavy atom. The molecule has 18 heavy (non-hydrogen) atoms. The average Bonchev–Trinajstić information content (AvgIpc) is 2.96. The third-order valence-electron chi connectivity index (χ3n) is 3.46. The first-order chi connectivity index (χ1) is 8.66. The standard InChI is InChI=1S/C13H21NO3S/c15-18(16,11-12-3-1-2-4-12)8-6-14-9-13-5-7-17-10-13/h5,7,10,12,14H,1-4,6,8-9,11H2. The molecule has 1 aromatic heterocycles. The first kappa shape index (κ1) is 13.6. The van der Waals surface area contributed by atoms with Crippen LogP contribution in [0.5, 0.6) is 0 Å². The normalized spacial score (nSPS) is 17.3. The Labute approximate surface area is 109 Å². The lowest BCUT2D eigenvalue weighted by Crippen LogP contribution is -2.26. The van der Waals surface area contributed by atoms with Crippen LogP contribution in [0.25, 0.3) is 0 Å². The molecule has 1 saturated carbocycles. The molecule has 4 nitrogen and oxygen atoms in total. The van der Waals surface area contributed by atoms with Gasteiger partial charge in [-0.05, 0) is 24.8 Å². The predicted octanol–water partition coefficient (Wildman–Crippen LogP) is 1.97. The first-order valence-electron chi connectivity index (χ1n) is 6.58. The fraction of sp³-hybridized carbons (Fsp3) is 0.692. The first-order valence-corrected chi connectivity index (χ1v) is 8.40. The second-order valence-electron chi connectivity index (χ2n) is 5.07. The second kappa shape index (κ2) is 6.38. The summed E-state index contributed by atoms with van der Waals surface area (Å²) in [5.74, 6) is 1.02. The van der Waals surface area contributed by atoms with Crippen LogP contribution < -0.4 is 5.32 Å². The van der Waals surface area contributed by atoms with Crippen molar-refractivity contribution < 1.29 is 12.8 Å². The summed E-state index contributed by atoms with van der Waals surface area (Å²) in [6, 6.07) is 1.88. The molecule has 0 atom stereocenters. The van der Waals surface area contributed by atoms with Crippen molar-refractivity contribution in [2.45, 2.75) is 32.2 Å². The van der Waals surface area contributed by atoms with E-state index in [1.165, 1.54) is 12.8 Å². The van der Waals surface area contributed by atoms with E-state index in [4.69, 9.17) is 4.42 Å². The number of nitrogens with one attached hydrogen (secondary N) is 1. The summed E-state index contributed by atoms with van der Waals surface area (Å²) < 4.78 is 28.7. The van der Waals surface area contributed by atoms with Crippen LogP contribution in [0.3, 0.4) is 0 Å². The number of hydrogen-bond donors (Lipinski definition) is 1. The number of rotatable bonds is 7. The molecule has 1 aliphatic rings. The molecule has 0 amide bonds.